The van der Waals surface area contributed by atoms with Crippen molar-refractivity contribution in [2.45, 2.75) is 0 Å². The lowest BCUT2D eigenvalue weighted by atomic mass is 10.1. The number of anilines is 1. The normalized spacial score (nSPS) is 10.2. The lowest BCUT2D eigenvalue weighted by Crippen LogP contribution is -2.34. The number of nitrogens with one attached hydrogen (secondary N) is 2. The van der Waals surface area contributed by atoms with Gasteiger partial charge in [-0.2, -0.15) is 0 Å². The van der Waals surface area contributed by atoms with Crippen LogP contribution in [0.1, 0.15) is 10.4 Å². The van der Waals surface area contributed by atoms with E-state index in [-0.39, 0.29) is 15.6 Å². The van der Waals surface area contributed by atoms with Crippen LogP contribution in [0, 0.1) is 0 Å². The van der Waals surface area contributed by atoms with E-state index in [9.17, 15) is 9.59 Å². The van der Waals surface area contributed by atoms with Gasteiger partial charge in [0.05, 0.1) is 33.2 Å². The molecule has 0 aliphatic rings. The smallest absolute Gasteiger partial charge is 0.306 e. The van der Waals surface area contributed by atoms with Gasteiger partial charge in [-0.1, -0.05) is 59.6 Å². The molecule has 2 N–H and O–H groups in total. The monoisotopic (exact) mass is 385 g/mol. The van der Waals surface area contributed by atoms with E-state index < -0.39 is 11.9 Å². The van der Waals surface area contributed by atoms with Crippen LogP contribution in [0.5, 0.6) is 0 Å². The molecule has 0 bridgehead atoms. The standard InChI is InChI=1S/C19H13Cl2N3O2/c20-14-7-4-8-15(21)17(14)18(25)24-19(26)23-13-9-10-16(22-11-13)12-5-2-1-3-6-12/h1-11H,(H2,23,24,25,26). The molecule has 0 radical (unpaired) electrons. The van der Waals surface area contributed by atoms with Crippen LogP contribution in [0.2, 0.25) is 10.0 Å². The fourth-order valence-corrected chi connectivity index (χ4v) is 2.86. The van der Waals surface area contributed by atoms with Gasteiger partial charge in [-0.3, -0.25) is 15.1 Å². The highest BCUT2D eigenvalue weighted by Crippen LogP contribution is 2.24. The third-order valence-corrected chi connectivity index (χ3v) is 4.14. The Hall–Kier alpha value is -2.89. The van der Waals surface area contributed by atoms with Gasteiger partial charge >= 0.3 is 6.03 Å². The second kappa shape index (κ2) is 7.99. The van der Waals surface area contributed by atoms with Gasteiger partial charge in [0.15, 0.2) is 0 Å². The van der Waals surface area contributed by atoms with Crippen LogP contribution in [-0.2, 0) is 0 Å². The van der Waals surface area contributed by atoms with Crippen LogP contribution in [0.15, 0.2) is 66.9 Å². The predicted octanol–water partition coefficient (Wildman–Crippen LogP) is 5.02. The number of amides is 3. The first kappa shape index (κ1) is 17.9. The van der Waals surface area contributed by atoms with Gasteiger partial charge in [-0.15, -0.1) is 0 Å². The van der Waals surface area contributed by atoms with Crippen molar-refractivity contribution < 1.29 is 9.59 Å². The summed E-state index contributed by atoms with van der Waals surface area (Å²) in [5.74, 6) is -0.688. The van der Waals surface area contributed by atoms with Crippen LogP contribution in [0.3, 0.4) is 0 Å². The second-order valence-corrected chi connectivity index (χ2v) is 6.12. The van der Waals surface area contributed by atoms with Gasteiger partial charge in [0.1, 0.15) is 0 Å². The molecule has 3 rings (SSSR count). The second-order valence-electron chi connectivity index (χ2n) is 5.30. The molecule has 7 heteroatoms. The number of aromatic nitrogens is 1. The SMILES string of the molecule is O=C(NC(=O)c1c(Cl)cccc1Cl)Nc1ccc(-c2ccccc2)nc1. The van der Waals surface area contributed by atoms with Crippen molar-refractivity contribution in [2.75, 3.05) is 5.32 Å². The number of hydrogen-bond acceptors (Lipinski definition) is 3. The predicted molar refractivity (Wildman–Crippen MR) is 103 cm³/mol. The topological polar surface area (TPSA) is 71.1 Å². The minimum atomic E-state index is -0.708. The number of pyridine rings is 1. The Morgan fingerprint density at radius 2 is 1.54 bits per heavy atom. The number of benzene rings is 2. The molecule has 0 saturated heterocycles. The zero-order valence-electron chi connectivity index (χ0n) is 13.4. The molecule has 3 aromatic rings. The highest BCUT2D eigenvalue weighted by atomic mass is 35.5. The number of rotatable bonds is 3. The van der Waals surface area contributed by atoms with E-state index in [0.717, 1.165) is 11.3 Å². The van der Waals surface area contributed by atoms with Gasteiger partial charge in [-0.05, 0) is 24.3 Å². The van der Waals surface area contributed by atoms with Crippen molar-refractivity contribution in [2.24, 2.45) is 0 Å². The molecular formula is C19H13Cl2N3O2. The summed E-state index contributed by atoms with van der Waals surface area (Å²) in [7, 11) is 0. The van der Waals surface area contributed by atoms with Gasteiger partial charge in [0.2, 0.25) is 0 Å². The van der Waals surface area contributed by atoms with Gasteiger partial charge in [0, 0.05) is 5.56 Å². The number of imide groups is 1. The quantitative estimate of drug-likeness (QED) is 0.664. The minimum absolute atomic E-state index is 0.0449. The maximum atomic E-state index is 12.2. The maximum Gasteiger partial charge on any atom is 0.326 e. The average Bonchev–Trinajstić information content (AvgIpc) is 2.63. The molecule has 0 spiro atoms. The molecule has 2 aromatic carbocycles. The highest BCUT2D eigenvalue weighted by molar-refractivity contribution is 6.40. The summed E-state index contributed by atoms with van der Waals surface area (Å²) in [6, 6.07) is 17.1. The van der Waals surface area contributed by atoms with E-state index >= 15 is 0 Å². The van der Waals surface area contributed by atoms with Crippen LogP contribution >= 0.6 is 23.2 Å². The molecule has 3 amide bonds. The largest absolute Gasteiger partial charge is 0.326 e. The highest BCUT2D eigenvalue weighted by Gasteiger charge is 2.17. The lowest BCUT2D eigenvalue weighted by Gasteiger charge is -2.09. The van der Waals surface area contributed by atoms with Gasteiger partial charge < -0.3 is 5.32 Å². The number of carbonyl (C=O) groups is 2. The minimum Gasteiger partial charge on any atom is -0.306 e. The first-order valence-corrected chi connectivity index (χ1v) is 8.38. The summed E-state index contributed by atoms with van der Waals surface area (Å²) in [5.41, 5.74) is 2.23. The van der Waals surface area contributed by atoms with Crippen LogP contribution in [0.4, 0.5) is 10.5 Å². The van der Waals surface area contributed by atoms with E-state index in [1.165, 1.54) is 18.3 Å². The van der Waals surface area contributed by atoms with E-state index in [2.05, 4.69) is 15.6 Å². The Morgan fingerprint density at radius 3 is 2.15 bits per heavy atom. The average molecular weight is 386 g/mol. The van der Waals surface area contributed by atoms with E-state index in [0.29, 0.717) is 5.69 Å². The lowest BCUT2D eigenvalue weighted by molar-refractivity contribution is 0.0967. The van der Waals surface area contributed by atoms with E-state index in [1.807, 2.05) is 30.3 Å². The van der Waals surface area contributed by atoms with Crippen LogP contribution in [0.25, 0.3) is 11.3 Å². The fourth-order valence-electron chi connectivity index (χ4n) is 2.29. The summed E-state index contributed by atoms with van der Waals surface area (Å²) in [5, 5.41) is 5.05. The summed E-state index contributed by atoms with van der Waals surface area (Å²) < 4.78 is 0. The Morgan fingerprint density at radius 1 is 0.846 bits per heavy atom. The zero-order chi connectivity index (χ0) is 18.5. The molecule has 1 heterocycles. The third kappa shape index (κ3) is 4.20. The maximum absolute atomic E-state index is 12.2. The Balaban J connectivity index is 1.66. The molecule has 0 atom stereocenters. The van der Waals surface area contributed by atoms with Crippen molar-refractivity contribution in [3.63, 3.8) is 0 Å². The molecule has 1 aromatic heterocycles. The number of hydrogen-bond donors (Lipinski definition) is 2. The third-order valence-electron chi connectivity index (χ3n) is 3.51. The molecule has 26 heavy (non-hydrogen) atoms. The molecule has 0 unspecified atom stereocenters. The zero-order valence-corrected chi connectivity index (χ0v) is 14.9. The molecule has 0 fully saturated rings. The van der Waals surface area contributed by atoms with Crippen molar-refractivity contribution >= 4 is 40.8 Å². The van der Waals surface area contributed by atoms with Crippen LogP contribution in [-0.4, -0.2) is 16.9 Å². The molecule has 0 aliphatic heterocycles. The number of halogens is 2. The molecule has 0 aliphatic carbocycles. The number of carbonyl (C=O) groups excluding carboxylic acids is 2. The van der Waals surface area contributed by atoms with Crippen molar-refractivity contribution in [3.8, 4) is 11.3 Å². The van der Waals surface area contributed by atoms with E-state index in [1.54, 1.807) is 18.2 Å². The molecular weight excluding hydrogens is 373 g/mol. The summed E-state index contributed by atoms with van der Waals surface area (Å²) >= 11 is 11.9. The van der Waals surface area contributed by atoms with Crippen molar-refractivity contribution in [1.82, 2.24) is 10.3 Å². The van der Waals surface area contributed by atoms with Gasteiger partial charge in [-0.25, -0.2) is 4.79 Å². The molecule has 0 saturated carbocycles. The van der Waals surface area contributed by atoms with Crippen molar-refractivity contribution in [1.29, 1.82) is 0 Å². The number of nitrogens with zero attached hydrogens (tertiary/aromatic N) is 1. The summed E-state index contributed by atoms with van der Waals surface area (Å²) in [4.78, 5) is 28.5. The summed E-state index contributed by atoms with van der Waals surface area (Å²) in [6.45, 7) is 0. The van der Waals surface area contributed by atoms with E-state index in [4.69, 9.17) is 23.2 Å². The molecule has 5 nitrogen and oxygen atoms in total. The Bertz CT molecular complexity index is 925. The Kier molecular flexibility index (Phi) is 5.51. The summed E-state index contributed by atoms with van der Waals surface area (Å²) in [6.07, 6.45) is 1.51. The molecule has 130 valence electrons. The first-order chi connectivity index (χ1) is 12.5. The van der Waals surface area contributed by atoms with Crippen LogP contribution < -0.4 is 10.6 Å². The van der Waals surface area contributed by atoms with Crippen molar-refractivity contribution in [3.05, 3.63) is 82.5 Å². The first-order valence-electron chi connectivity index (χ1n) is 7.62. The Labute approximate surface area is 160 Å². The van der Waals surface area contributed by atoms with Gasteiger partial charge in [0.25, 0.3) is 5.91 Å². The number of urea groups is 1. The fraction of sp³-hybridized carbons (Fsp3) is 0.